The minimum absolute atomic E-state index is 0.229. The number of carbonyl (C=O) groups is 1. The molecule has 0 heterocycles. The molecular formula is C21H24N2O4. The molecule has 0 aromatic heterocycles. The molecule has 1 amide bonds. The second kappa shape index (κ2) is 8.68. The molecule has 1 aliphatic rings. The van der Waals surface area contributed by atoms with Gasteiger partial charge in [-0.15, -0.1) is 0 Å². The summed E-state index contributed by atoms with van der Waals surface area (Å²) >= 11 is 0. The molecule has 0 bridgehead atoms. The van der Waals surface area contributed by atoms with Crippen LogP contribution in [0.3, 0.4) is 0 Å². The summed E-state index contributed by atoms with van der Waals surface area (Å²) in [4.78, 5) is 22.6. The van der Waals surface area contributed by atoms with Crippen LogP contribution in [0.25, 0.3) is 0 Å². The number of hydrogen-bond donors (Lipinski definition) is 0. The van der Waals surface area contributed by atoms with Gasteiger partial charge in [-0.3, -0.25) is 4.84 Å². The van der Waals surface area contributed by atoms with E-state index in [1.165, 1.54) is 19.8 Å². The number of rotatable bonds is 7. The first-order valence-electron chi connectivity index (χ1n) is 8.87. The molecule has 6 nitrogen and oxygen atoms in total. The number of ether oxygens (including phenoxy) is 1. The van der Waals surface area contributed by atoms with Gasteiger partial charge in [-0.05, 0) is 30.9 Å². The Morgan fingerprint density at radius 1 is 1.11 bits per heavy atom. The molecule has 1 fully saturated rings. The number of methoxy groups -OCH3 is 1. The molecule has 0 N–H and O–H groups in total. The van der Waals surface area contributed by atoms with Crippen LogP contribution in [-0.4, -0.2) is 26.0 Å². The van der Waals surface area contributed by atoms with E-state index in [0.717, 1.165) is 22.8 Å². The van der Waals surface area contributed by atoms with Crippen molar-refractivity contribution in [2.24, 2.45) is 11.1 Å². The predicted molar refractivity (Wildman–Crippen MR) is 104 cm³/mol. The van der Waals surface area contributed by atoms with E-state index in [9.17, 15) is 4.79 Å². The lowest BCUT2D eigenvalue weighted by Gasteiger charge is -2.20. The Morgan fingerprint density at radius 3 is 2.52 bits per heavy atom. The summed E-state index contributed by atoms with van der Waals surface area (Å²) in [7, 11) is 2.72. The van der Waals surface area contributed by atoms with Crippen LogP contribution in [-0.2, 0) is 21.0 Å². The van der Waals surface area contributed by atoms with E-state index >= 15 is 0 Å². The lowest BCUT2D eigenvalue weighted by atomic mass is 10.1. The third-order valence-corrected chi connectivity index (χ3v) is 4.72. The van der Waals surface area contributed by atoms with Crippen molar-refractivity contribution in [3.8, 4) is 0 Å². The number of hydroxylamine groups is 1. The average Bonchev–Trinajstić information content (AvgIpc) is 3.51. The lowest BCUT2D eigenvalue weighted by Crippen LogP contribution is -2.30. The van der Waals surface area contributed by atoms with Crippen molar-refractivity contribution in [1.82, 2.24) is 0 Å². The minimum Gasteiger partial charge on any atom is -0.451 e. The fraction of sp³-hybridized carbons (Fsp3) is 0.333. The molecule has 2 aromatic rings. The van der Waals surface area contributed by atoms with E-state index in [-0.39, 0.29) is 6.61 Å². The van der Waals surface area contributed by atoms with E-state index in [1.54, 1.807) is 6.07 Å². The normalized spacial score (nSPS) is 18.7. The number of nitrogens with zero attached hydrogens (tertiary/aromatic N) is 2. The zero-order valence-electron chi connectivity index (χ0n) is 15.8. The SMILES string of the molecule is COC(=O)N(OC)c1ccccc1CO/N=C(/C)[C@@H]1C[C@H]1c1ccccc1. The van der Waals surface area contributed by atoms with Crippen LogP contribution in [0.1, 0.15) is 30.4 Å². The Labute approximate surface area is 159 Å². The second-order valence-corrected chi connectivity index (χ2v) is 6.44. The summed E-state index contributed by atoms with van der Waals surface area (Å²) in [5.41, 5.74) is 3.67. The molecule has 0 spiro atoms. The minimum atomic E-state index is -0.603. The highest BCUT2D eigenvalue weighted by Crippen LogP contribution is 2.48. The highest BCUT2D eigenvalue weighted by atomic mass is 16.7. The lowest BCUT2D eigenvalue weighted by molar-refractivity contribution is 0.111. The maximum Gasteiger partial charge on any atom is 0.438 e. The van der Waals surface area contributed by atoms with E-state index < -0.39 is 6.09 Å². The van der Waals surface area contributed by atoms with Crippen molar-refractivity contribution >= 4 is 17.5 Å². The van der Waals surface area contributed by atoms with E-state index in [1.807, 2.05) is 31.2 Å². The first kappa shape index (κ1) is 18.9. The van der Waals surface area contributed by atoms with Crippen molar-refractivity contribution in [2.45, 2.75) is 25.9 Å². The maximum absolute atomic E-state index is 11.9. The van der Waals surface area contributed by atoms with Crippen molar-refractivity contribution < 1.29 is 19.2 Å². The molecule has 6 heteroatoms. The van der Waals surface area contributed by atoms with Gasteiger partial charge in [-0.2, -0.15) is 5.06 Å². The third kappa shape index (κ3) is 4.46. The summed E-state index contributed by atoms with van der Waals surface area (Å²) < 4.78 is 4.74. The van der Waals surface area contributed by atoms with E-state index in [2.05, 4.69) is 29.4 Å². The van der Waals surface area contributed by atoms with Gasteiger partial charge in [0.15, 0.2) is 0 Å². The standard InChI is InChI=1S/C21H24N2O4/c1-15(18-13-19(18)16-9-5-4-6-10-16)22-27-14-17-11-7-8-12-20(17)23(26-3)21(24)25-2/h4-12,18-19H,13-14H2,1-3H3/b22-15-/t18-,19-/m0/s1. The number of hydrogen-bond acceptors (Lipinski definition) is 5. The van der Waals surface area contributed by atoms with Gasteiger partial charge in [-0.1, -0.05) is 53.7 Å². The quantitative estimate of drug-likeness (QED) is 0.533. The highest BCUT2D eigenvalue weighted by Gasteiger charge is 2.40. The number of para-hydroxylation sites is 1. The van der Waals surface area contributed by atoms with E-state index in [4.69, 9.17) is 14.4 Å². The Hall–Kier alpha value is -2.86. The average molecular weight is 368 g/mol. The van der Waals surface area contributed by atoms with Gasteiger partial charge >= 0.3 is 6.09 Å². The first-order chi connectivity index (χ1) is 13.2. The largest absolute Gasteiger partial charge is 0.451 e. The Morgan fingerprint density at radius 2 is 1.81 bits per heavy atom. The van der Waals surface area contributed by atoms with Crippen molar-refractivity contribution in [3.05, 3.63) is 65.7 Å². The summed E-state index contributed by atoms with van der Waals surface area (Å²) in [6.07, 6.45) is 0.493. The molecule has 2 atom stereocenters. The van der Waals surface area contributed by atoms with Gasteiger partial charge in [0.05, 0.1) is 25.6 Å². The van der Waals surface area contributed by atoms with Crippen LogP contribution in [0.4, 0.5) is 10.5 Å². The molecule has 0 radical (unpaired) electrons. The summed E-state index contributed by atoms with van der Waals surface area (Å²) in [5, 5.41) is 5.37. The molecule has 1 aliphatic carbocycles. The zero-order chi connectivity index (χ0) is 19.2. The molecule has 2 aromatic carbocycles. The van der Waals surface area contributed by atoms with Gasteiger partial charge in [0.25, 0.3) is 0 Å². The number of oxime groups is 1. The van der Waals surface area contributed by atoms with Crippen molar-refractivity contribution in [1.29, 1.82) is 0 Å². The van der Waals surface area contributed by atoms with Gasteiger partial charge in [-0.25, -0.2) is 4.79 Å². The summed E-state index contributed by atoms with van der Waals surface area (Å²) in [6, 6.07) is 17.8. The smallest absolute Gasteiger partial charge is 0.438 e. The Balaban J connectivity index is 1.62. The van der Waals surface area contributed by atoms with Crippen LogP contribution in [0.5, 0.6) is 0 Å². The molecule has 0 unspecified atom stereocenters. The number of carbonyl (C=O) groups excluding carboxylic acids is 1. The molecular weight excluding hydrogens is 344 g/mol. The first-order valence-corrected chi connectivity index (χ1v) is 8.87. The second-order valence-electron chi connectivity index (χ2n) is 6.44. The highest BCUT2D eigenvalue weighted by molar-refractivity contribution is 5.88. The topological polar surface area (TPSA) is 60.4 Å². The van der Waals surface area contributed by atoms with Crippen LogP contribution in [0.2, 0.25) is 0 Å². The van der Waals surface area contributed by atoms with Gasteiger partial charge in [0, 0.05) is 11.5 Å². The predicted octanol–water partition coefficient (Wildman–Crippen LogP) is 4.52. The summed E-state index contributed by atoms with van der Waals surface area (Å²) in [6.45, 7) is 2.22. The van der Waals surface area contributed by atoms with Crippen molar-refractivity contribution in [3.63, 3.8) is 0 Å². The van der Waals surface area contributed by atoms with Crippen molar-refractivity contribution in [2.75, 3.05) is 19.3 Å². The fourth-order valence-corrected chi connectivity index (χ4v) is 3.18. The zero-order valence-corrected chi connectivity index (χ0v) is 15.8. The molecule has 0 aliphatic heterocycles. The molecule has 0 saturated heterocycles. The Kier molecular flexibility index (Phi) is 6.08. The maximum atomic E-state index is 11.9. The fourth-order valence-electron chi connectivity index (χ4n) is 3.18. The van der Waals surface area contributed by atoms with Gasteiger partial charge in [0.2, 0.25) is 0 Å². The molecule has 27 heavy (non-hydrogen) atoms. The van der Waals surface area contributed by atoms with Crippen LogP contribution in [0, 0.1) is 5.92 Å². The van der Waals surface area contributed by atoms with Crippen LogP contribution in [0.15, 0.2) is 59.8 Å². The van der Waals surface area contributed by atoms with Gasteiger partial charge < -0.3 is 9.57 Å². The van der Waals surface area contributed by atoms with Gasteiger partial charge in [0.1, 0.15) is 6.61 Å². The number of benzene rings is 2. The third-order valence-electron chi connectivity index (χ3n) is 4.72. The number of amides is 1. The van der Waals surface area contributed by atoms with E-state index in [0.29, 0.717) is 17.5 Å². The molecule has 1 saturated carbocycles. The molecule has 142 valence electrons. The van der Waals surface area contributed by atoms with Crippen LogP contribution < -0.4 is 5.06 Å². The number of anilines is 1. The Bertz CT molecular complexity index is 807. The van der Waals surface area contributed by atoms with Crippen LogP contribution >= 0.6 is 0 Å². The molecule has 3 rings (SSSR count). The monoisotopic (exact) mass is 368 g/mol. The summed E-state index contributed by atoms with van der Waals surface area (Å²) in [5.74, 6) is 0.947.